The molecule has 0 aliphatic carbocycles. The average molecular weight is 315 g/mol. The lowest BCUT2D eigenvalue weighted by Crippen LogP contribution is -1.97. The molecule has 0 atom stereocenters. The number of aliphatic hydroxyl groups is 1. The van der Waals surface area contributed by atoms with Crippen LogP contribution in [-0.2, 0) is 4.57 Å². The molecule has 0 rings (SSSR count). The third-order valence-corrected chi connectivity index (χ3v) is 2.56. The van der Waals surface area contributed by atoms with Crippen LogP contribution in [0, 0.1) is 0 Å². The number of unbranched alkanes of at least 4 members (excludes halogenated alkanes) is 9. The third kappa shape index (κ3) is 52.0. The second-order valence-corrected chi connectivity index (χ2v) is 5.51. The maximum atomic E-state index is 8.88. The highest BCUT2D eigenvalue weighted by Crippen LogP contribution is 2.25. The van der Waals surface area contributed by atoms with Gasteiger partial charge in [-0.25, -0.2) is 4.57 Å². The number of aliphatic hydroxyl groups excluding tert-OH is 1. The molecule has 20 heavy (non-hydrogen) atoms. The van der Waals surface area contributed by atoms with Crippen molar-refractivity contribution in [2.75, 3.05) is 13.7 Å². The third-order valence-electron chi connectivity index (χ3n) is 2.56. The number of rotatable bonds is 10. The SMILES string of the molecule is CCCCCCCCCCCCN.CO.O=P(O)(O)O. The van der Waals surface area contributed by atoms with Crippen LogP contribution in [-0.4, -0.2) is 33.4 Å². The van der Waals surface area contributed by atoms with Gasteiger partial charge in [0.25, 0.3) is 0 Å². The fourth-order valence-electron chi connectivity index (χ4n) is 1.63. The Kier molecular flexibility index (Phi) is 26.7. The summed E-state index contributed by atoms with van der Waals surface area (Å²) in [5.74, 6) is 0. The van der Waals surface area contributed by atoms with E-state index in [1.807, 2.05) is 0 Å². The van der Waals surface area contributed by atoms with Crippen molar-refractivity contribution in [1.29, 1.82) is 0 Å². The molecule has 0 saturated carbocycles. The molecule has 6 N–H and O–H groups in total. The van der Waals surface area contributed by atoms with Gasteiger partial charge in [-0.2, -0.15) is 0 Å². The maximum Gasteiger partial charge on any atom is 0.466 e. The van der Waals surface area contributed by atoms with Gasteiger partial charge in [0.2, 0.25) is 0 Å². The van der Waals surface area contributed by atoms with Crippen LogP contribution < -0.4 is 5.73 Å². The Balaban J connectivity index is -0.000000346. The molecule has 0 amide bonds. The van der Waals surface area contributed by atoms with Crippen molar-refractivity contribution < 1.29 is 24.4 Å². The van der Waals surface area contributed by atoms with Gasteiger partial charge in [-0.15, -0.1) is 0 Å². The molecule has 0 heterocycles. The summed E-state index contributed by atoms with van der Waals surface area (Å²) in [6.07, 6.45) is 13.9. The van der Waals surface area contributed by atoms with Gasteiger partial charge < -0.3 is 25.5 Å². The van der Waals surface area contributed by atoms with Crippen LogP contribution in [0.2, 0.25) is 0 Å². The van der Waals surface area contributed by atoms with Gasteiger partial charge in [0.15, 0.2) is 0 Å². The predicted octanol–water partition coefficient (Wildman–Crippen LogP) is 2.55. The van der Waals surface area contributed by atoms with Gasteiger partial charge in [-0.1, -0.05) is 64.7 Å². The summed E-state index contributed by atoms with van der Waals surface area (Å²) in [5, 5.41) is 7.00. The van der Waals surface area contributed by atoms with Crippen molar-refractivity contribution in [3.63, 3.8) is 0 Å². The van der Waals surface area contributed by atoms with Crippen molar-refractivity contribution in [1.82, 2.24) is 0 Å². The molecule has 0 aromatic heterocycles. The van der Waals surface area contributed by atoms with E-state index in [1.54, 1.807) is 0 Å². The molecule has 0 aromatic rings. The van der Waals surface area contributed by atoms with Crippen LogP contribution in [0.1, 0.15) is 71.1 Å². The van der Waals surface area contributed by atoms with E-state index in [0.29, 0.717) is 0 Å². The van der Waals surface area contributed by atoms with E-state index in [1.165, 1.54) is 64.2 Å². The highest BCUT2D eigenvalue weighted by molar-refractivity contribution is 7.45. The zero-order valence-corrected chi connectivity index (χ0v) is 13.9. The molecule has 0 spiro atoms. The summed E-state index contributed by atoms with van der Waals surface area (Å²) in [6.45, 7) is 3.14. The number of phosphoric acid groups is 1. The van der Waals surface area contributed by atoms with Crippen molar-refractivity contribution in [2.24, 2.45) is 5.73 Å². The monoisotopic (exact) mass is 315 g/mol. The van der Waals surface area contributed by atoms with Gasteiger partial charge in [0.05, 0.1) is 0 Å². The second-order valence-electron chi connectivity index (χ2n) is 4.48. The van der Waals surface area contributed by atoms with Crippen LogP contribution >= 0.6 is 7.82 Å². The molecule has 0 unspecified atom stereocenters. The molecule has 7 heteroatoms. The zero-order chi connectivity index (χ0) is 16.3. The van der Waals surface area contributed by atoms with Crippen LogP contribution in [0.15, 0.2) is 0 Å². The highest BCUT2D eigenvalue weighted by Gasteiger charge is 2.00. The summed E-state index contributed by atoms with van der Waals surface area (Å²) in [6, 6.07) is 0. The highest BCUT2D eigenvalue weighted by atomic mass is 31.2. The molecule has 0 aliphatic heterocycles. The minimum absolute atomic E-state index is 0.872. The fourth-order valence-corrected chi connectivity index (χ4v) is 1.63. The lowest BCUT2D eigenvalue weighted by Gasteiger charge is -2.00. The van der Waals surface area contributed by atoms with Crippen molar-refractivity contribution in [3.05, 3.63) is 0 Å². The van der Waals surface area contributed by atoms with E-state index < -0.39 is 7.82 Å². The molecule has 126 valence electrons. The van der Waals surface area contributed by atoms with E-state index in [0.717, 1.165) is 13.7 Å². The van der Waals surface area contributed by atoms with Crippen molar-refractivity contribution in [3.8, 4) is 0 Å². The molecule has 0 bridgehead atoms. The molecule has 0 saturated heterocycles. The molecule has 0 aromatic carbocycles. The topological polar surface area (TPSA) is 124 Å². The molecular formula is C13H34NO5P. The first kappa shape index (κ1) is 25.0. The van der Waals surface area contributed by atoms with Crippen LogP contribution in [0.3, 0.4) is 0 Å². The first-order valence-electron chi connectivity index (χ1n) is 7.35. The maximum absolute atomic E-state index is 8.88. The first-order valence-corrected chi connectivity index (χ1v) is 8.91. The summed E-state index contributed by atoms with van der Waals surface area (Å²) < 4.78 is 8.88. The molecule has 0 fully saturated rings. The predicted molar refractivity (Wildman–Crippen MR) is 83.3 cm³/mol. The standard InChI is InChI=1S/C12H27N.CH4O.H3O4P/c1-2-3-4-5-6-7-8-9-10-11-12-13;1-2;1-5(2,3)4/h2-13H2,1H3;2H,1H3;(H3,1,2,3,4). The largest absolute Gasteiger partial charge is 0.466 e. The molecule has 6 nitrogen and oxygen atoms in total. The smallest absolute Gasteiger partial charge is 0.400 e. The summed E-state index contributed by atoms with van der Waals surface area (Å²) >= 11 is 0. The lowest BCUT2D eigenvalue weighted by atomic mass is 10.1. The van der Waals surface area contributed by atoms with E-state index in [4.69, 9.17) is 30.1 Å². The van der Waals surface area contributed by atoms with Gasteiger partial charge >= 0.3 is 7.82 Å². The Morgan fingerprint density at radius 3 is 1.25 bits per heavy atom. The Hall–Kier alpha value is 0.0300. The first-order chi connectivity index (χ1) is 9.41. The Morgan fingerprint density at radius 2 is 1.00 bits per heavy atom. The van der Waals surface area contributed by atoms with E-state index in [2.05, 4.69) is 6.92 Å². The van der Waals surface area contributed by atoms with Crippen molar-refractivity contribution in [2.45, 2.75) is 71.1 Å². The number of hydrogen-bond acceptors (Lipinski definition) is 3. The Labute approximate surface area is 123 Å². The van der Waals surface area contributed by atoms with E-state index in [-0.39, 0.29) is 0 Å². The van der Waals surface area contributed by atoms with Gasteiger partial charge in [-0.3, -0.25) is 0 Å². The summed E-state index contributed by atoms with van der Waals surface area (Å²) in [7, 11) is -3.64. The molecule has 0 aliphatic rings. The van der Waals surface area contributed by atoms with Crippen LogP contribution in [0.25, 0.3) is 0 Å². The van der Waals surface area contributed by atoms with Gasteiger partial charge in [0.1, 0.15) is 0 Å². The normalized spacial score (nSPS) is 10.2. The lowest BCUT2D eigenvalue weighted by molar-refractivity contribution is 0.275. The van der Waals surface area contributed by atoms with Crippen LogP contribution in [0.5, 0.6) is 0 Å². The molecule has 0 radical (unpaired) electrons. The summed E-state index contributed by atoms with van der Waals surface area (Å²) in [5.41, 5.74) is 5.42. The second kappa shape index (κ2) is 21.3. The van der Waals surface area contributed by atoms with Gasteiger partial charge in [-0.05, 0) is 13.0 Å². The quantitative estimate of drug-likeness (QED) is 0.312. The number of hydrogen-bond donors (Lipinski definition) is 5. The number of nitrogens with two attached hydrogens (primary N) is 1. The minimum Gasteiger partial charge on any atom is -0.400 e. The van der Waals surface area contributed by atoms with E-state index in [9.17, 15) is 0 Å². The summed E-state index contributed by atoms with van der Waals surface area (Å²) in [4.78, 5) is 21.6. The Morgan fingerprint density at radius 1 is 0.750 bits per heavy atom. The van der Waals surface area contributed by atoms with Crippen molar-refractivity contribution >= 4 is 7.82 Å². The van der Waals surface area contributed by atoms with Crippen LogP contribution in [0.4, 0.5) is 0 Å². The minimum atomic E-state index is -4.64. The molecular weight excluding hydrogens is 281 g/mol. The Bertz CT molecular complexity index is 181. The fraction of sp³-hybridized carbons (Fsp3) is 1.00. The average Bonchev–Trinajstić information content (AvgIpc) is 2.37. The van der Waals surface area contributed by atoms with E-state index >= 15 is 0 Å². The zero-order valence-electron chi connectivity index (χ0n) is 13.0. The van der Waals surface area contributed by atoms with Gasteiger partial charge in [0, 0.05) is 7.11 Å².